The summed E-state index contributed by atoms with van der Waals surface area (Å²) in [6.45, 7) is 5.83. The molecule has 0 saturated carbocycles. The number of methoxy groups -OCH3 is 1. The molecule has 0 spiro atoms. The fraction of sp³-hybridized carbons (Fsp3) is 0.533. The Morgan fingerprint density at radius 2 is 2.05 bits per heavy atom. The number of halogens is 1. The van der Waals surface area contributed by atoms with Crippen LogP contribution in [0.4, 0.5) is 5.69 Å². The van der Waals surface area contributed by atoms with E-state index in [1.165, 1.54) is 0 Å². The van der Waals surface area contributed by atoms with Gasteiger partial charge in [0.2, 0.25) is 0 Å². The van der Waals surface area contributed by atoms with E-state index in [1.54, 1.807) is 7.11 Å². The summed E-state index contributed by atoms with van der Waals surface area (Å²) in [7, 11) is 1.71. The Morgan fingerprint density at radius 1 is 1.37 bits per heavy atom. The Kier molecular flexibility index (Phi) is 6.90. The molecule has 0 unspecified atom stereocenters. The van der Waals surface area contributed by atoms with Crippen LogP contribution in [0, 0.1) is 11.3 Å². The number of nitriles is 1. The van der Waals surface area contributed by atoms with E-state index in [4.69, 9.17) is 4.74 Å². The third-order valence-corrected chi connectivity index (χ3v) is 3.80. The zero-order valence-electron chi connectivity index (χ0n) is 11.8. The molecule has 0 amide bonds. The van der Waals surface area contributed by atoms with Crippen molar-refractivity contribution in [1.29, 1.82) is 5.26 Å². The molecule has 1 aromatic carbocycles. The smallest absolute Gasteiger partial charge is 0.101 e. The van der Waals surface area contributed by atoms with Crippen LogP contribution in [-0.2, 0) is 4.74 Å². The highest BCUT2D eigenvalue weighted by atomic mass is 79.9. The van der Waals surface area contributed by atoms with E-state index in [0.717, 1.165) is 29.5 Å². The number of nitrogens with zero attached hydrogens (tertiary/aromatic N) is 2. The van der Waals surface area contributed by atoms with Gasteiger partial charge in [-0.3, -0.25) is 0 Å². The molecular formula is C15H21BrN2O. The molecule has 0 aliphatic rings. The molecule has 0 radical (unpaired) electrons. The quantitative estimate of drug-likeness (QED) is 0.761. The number of benzene rings is 1. The zero-order valence-corrected chi connectivity index (χ0v) is 13.4. The minimum absolute atomic E-state index is 0.434. The molecule has 0 aliphatic carbocycles. The second-order valence-corrected chi connectivity index (χ2v) is 5.35. The molecule has 0 aliphatic heterocycles. The number of hydrogen-bond acceptors (Lipinski definition) is 3. The summed E-state index contributed by atoms with van der Waals surface area (Å²) in [6.07, 6.45) is 2.11. The van der Waals surface area contributed by atoms with Crippen molar-refractivity contribution in [3.05, 3.63) is 28.2 Å². The normalized spacial score (nSPS) is 10.5. The van der Waals surface area contributed by atoms with Crippen molar-refractivity contribution in [3.8, 4) is 6.07 Å². The molecule has 1 aromatic rings. The Balaban J connectivity index is 3.12. The van der Waals surface area contributed by atoms with Crippen LogP contribution in [-0.4, -0.2) is 26.3 Å². The fourth-order valence-electron chi connectivity index (χ4n) is 2.27. The standard InChI is InChI=1S/C15H21BrN2O/c1-4-14(5-2)18(8-9-19-3)15-7-6-13(16)10-12(15)11-17/h6-7,10,14H,4-5,8-9H2,1-3H3. The van der Waals surface area contributed by atoms with E-state index in [-0.39, 0.29) is 0 Å². The Bertz CT molecular complexity index is 438. The van der Waals surface area contributed by atoms with Gasteiger partial charge in [0.25, 0.3) is 0 Å². The molecule has 19 heavy (non-hydrogen) atoms. The average Bonchev–Trinajstić information content (AvgIpc) is 2.43. The van der Waals surface area contributed by atoms with E-state index < -0.39 is 0 Å². The van der Waals surface area contributed by atoms with Gasteiger partial charge in [-0.05, 0) is 31.0 Å². The highest BCUT2D eigenvalue weighted by Gasteiger charge is 2.18. The highest BCUT2D eigenvalue weighted by molar-refractivity contribution is 9.10. The van der Waals surface area contributed by atoms with Crippen LogP contribution in [0.1, 0.15) is 32.3 Å². The van der Waals surface area contributed by atoms with Crippen molar-refractivity contribution < 1.29 is 4.74 Å². The summed E-state index contributed by atoms with van der Waals surface area (Å²) in [5.41, 5.74) is 1.70. The molecule has 1 rings (SSSR count). The van der Waals surface area contributed by atoms with Crippen molar-refractivity contribution in [1.82, 2.24) is 0 Å². The van der Waals surface area contributed by atoms with Crippen molar-refractivity contribution in [3.63, 3.8) is 0 Å². The van der Waals surface area contributed by atoms with Gasteiger partial charge in [0.05, 0.1) is 17.9 Å². The lowest BCUT2D eigenvalue weighted by molar-refractivity contribution is 0.202. The lowest BCUT2D eigenvalue weighted by Crippen LogP contribution is -2.37. The molecule has 0 aromatic heterocycles. The van der Waals surface area contributed by atoms with Gasteiger partial charge in [-0.25, -0.2) is 0 Å². The highest BCUT2D eigenvalue weighted by Crippen LogP contribution is 2.27. The maximum absolute atomic E-state index is 9.32. The molecule has 104 valence electrons. The summed E-state index contributed by atoms with van der Waals surface area (Å²) in [4.78, 5) is 2.29. The molecule has 0 bridgehead atoms. The van der Waals surface area contributed by atoms with Crippen LogP contribution in [0.15, 0.2) is 22.7 Å². The van der Waals surface area contributed by atoms with Gasteiger partial charge in [-0.2, -0.15) is 5.26 Å². The average molecular weight is 325 g/mol. The Hall–Kier alpha value is -1.05. The Morgan fingerprint density at radius 3 is 2.58 bits per heavy atom. The van der Waals surface area contributed by atoms with Gasteiger partial charge in [0, 0.05) is 24.2 Å². The van der Waals surface area contributed by atoms with Crippen molar-refractivity contribution >= 4 is 21.6 Å². The first-order valence-electron chi connectivity index (χ1n) is 6.63. The minimum atomic E-state index is 0.434. The number of ether oxygens (including phenoxy) is 1. The first-order chi connectivity index (χ1) is 9.17. The third-order valence-electron chi connectivity index (χ3n) is 3.31. The minimum Gasteiger partial charge on any atom is -0.383 e. The molecule has 0 heterocycles. The molecule has 3 nitrogen and oxygen atoms in total. The van der Waals surface area contributed by atoms with Crippen LogP contribution in [0.25, 0.3) is 0 Å². The molecule has 0 N–H and O–H groups in total. The molecule has 0 fully saturated rings. The van der Waals surface area contributed by atoms with E-state index in [2.05, 4.69) is 40.7 Å². The fourth-order valence-corrected chi connectivity index (χ4v) is 2.63. The molecular weight excluding hydrogens is 304 g/mol. The summed E-state index contributed by atoms with van der Waals surface area (Å²) in [5.74, 6) is 0. The molecule has 0 atom stereocenters. The van der Waals surface area contributed by atoms with Crippen LogP contribution in [0.3, 0.4) is 0 Å². The number of rotatable bonds is 7. The molecule has 0 saturated heterocycles. The lowest BCUT2D eigenvalue weighted by Gasteiger charge is -2.33. The van der Waals surface area contributed by atoms with Crippen LogP contribution in [0.5, 0.6) is 0 Å². The van der Waals surface area contributed by atoms with Crippen LogP contribution >= 0.6 is 15.9 Å². The topological polar surface area (TPSA) is 36.3 Å². The third kappa shape index (κ3) is 4.22. The summed E-state index contributed by atoms with van der Waals surface area (Å²) in [5, 5.41) is 9.32. The number of hydrogen-bond donors (Lipinski definition) is 0. The van der Waals surface area contributed by atoms with Gasteiger partial charge in [-0.15, -0.1) is 0 Å². The second-order valence-electron chi connectivity index (χ2n) is 4.43. The predicted octanol–water partition coefficient (Wildman–Crippen LogP) is 3.96. The zero-order chi connectivity index (χ0) is 14.3. The monoisotopic (exact) mass is 324 g/mol. The van der Waals surface area contributed by atoms with Crippen molar-refractivity contribution in [2.45, 2.75) is 32.7 Å². The van der Waals surface area contributed by atoms with Crippen LogP contribution in [0.2, 0.25) is 0 Å². The van der Waals surface area contributed by atoms with Gasteiger partial charge in [-0.1, -0.05) is 29.8 Å². The maximum Gasteiger partial charge on any atom is 0.101 e. The summed E-state index contributed by atoms with van der Waals surface area (Å²) >= 11 is 3.42. The maximum atomic E-state index is 9.32. The van der Waals surface area contributed by atoms with E-state index in [9.17, 15) is 5.26 Å². The largest absolute Gasteiger partial charge is 0.383 e. The lowest BCUT2D eigenvalue weighted by atomic mass is 10.1. The van der Waals surface area contributed by atoms with Gasteiger partial charge in [0.1, 0.15) is 6.07 Å². The van der Waals surface area contributed by atoms with Gasteiger partial charge in [0.15, 0.2) is 0 Å². The van der Waals surface area contributed by atoms with Gasteiger partial charge >= 0.3 is 0 Å². The number of anilines is 1. The summed E-state index contributed by atoms with van der Waals surface area (Å²) in [6, 6.07) is 8.59. The van der Waals surface area contributed by atoms with Crippen molar-refractivity contribution in [2.75, 3.05) is 25.2 Å². The Labute approximate surface area is 124 Å². The first-order valence-corrected chi connectivity index (χ1v) is 7.42. The molecule has 4 heteroatoms. The van der Waals surface area contributed by atoms with E-state index >= 15 is 0 Å². The second kappa shape index (κ2) is 8.19. The van der Waals surface area contributed by atoms with Crippen LogP contribution < -0.4 is 4.90 Å². The van der Waals surface area contributed by atoms with Crippen molar-refractivity contribution in [2.24, 2.45) is 0 Å². The summed E-state index contributed by atoms with van der Waals surface area (Å²) < 4.78 is 6.13. The first kappa shape index (κ1) is 16.0. The van der Waals surface area contributed by atoms with Gasteiger partial charge < -0.3 is 9.64 Å². The van der Waals surface area contributed by atoms with E-state index in [1.807, 2.05) is 18.2 Å². The van der Waals surface area contributed by atoms with E-state index in [0.29, 0.717) is 18.2 Å². The predicted molar refractivity (Wildman–Crippen MR) is 82.4 cm³/mol. The SMILES string of the molecule is CCC(CC)N(CCOC)c1ccc(Br)cc1C#N.